The van der Waals surface area contributed by atoms with E-state index < -0.39 is 30.3 Å². The SMILES string of the molecule is CCC(C)NC(=O)c1ccc2c(Cl)cnc(Cl)c2c1.CCC(C)NC(=O)c1ccc2c(Cl)cnc(N=C(N)N)c2c1.NC(N)=Nc1ncc(Cl)c2ccc(C(=O)NC(CC(=O)O)C(=O)O)cc12. The first-order valence-corrected chi connectivity index (χ1v) is 21.6. The highest BCUT2D eigenvalue weighted by Crippen LogP contribution is 2.32. The fourth-order valence-electron chi connectivity index (χ4n) is 5.85. The Labute approximate surface area is 403 Å². The number of carbonyl (C=O) groups excluding carboxylic acids is 3. The number of aromatic nitrogens is 3. The van der Waals surface area contributed by atoms with E-state index in [1.807, 2.05) is 27.7 Å². The van der Waals surface area contributed by atoms with Crippen LogP contribution in [0.2, 0.25) is 20.2 Å². The van der Waals surface area contributed by atoms with Gasteiger partial charge in [-0.15, -0.1) is 0 Å². The van der Waals surface area contributed by atoms with Gasteiger partial charge in [-0.25, -0.2) is 19.7 Å². The molecule has 3 unspecified atom stereocenters. The van der Waals surface area contributed by atoms with Crippen molar-refractivity contribution >= 4 is 132 Å². The van der Waals surface area contributed by atoms with Gasteiger partial charge in [-0.2, -0.15) is 9.98 Å². The second-order valence-corrected chi connectivity index (χ2v) is 16.2. The van der Waals surface area contributed by atoms with Gasteiger partial charge >= 0.3 is 11.9 Å². The van der Waals surface area contributed by atoms with Crippen LogP contribution in [0.15, 0.2) is 83.2 Å². The number of hydrogen-bond acceptors (Lipinski definition) is 10. The number of pyridine rings is 3. The van der Waals surface area contributed by atoms with E-state index in [1.54, 1.807) is 36.4 Å². The zero-order chi connectivity index (χ0) is 49.7. The van der Waals surface area contributed by atoms with Crippen molar-refractivity contribution in [2.24, 2.45) is 32.9 Å². The Morgan fingerprint density at radius 3 is 1.28 bits per heavy atom. The molecule has 0 aliphatic rings. The number of guanidine groups is 2. The number of aliphatic imine (C=N–C) groups is 2. The molecule has 6 rings (SSSR count). The van der Waals surface area contributed by atoms with Crippen LogP contribution < -0.4 is 38.9 Å². The van der Waals surface area contributed by atoms with E-state index in [4.69, 9.17) is 79.6 Å². The van der Waals surface area contributed by atoms with Gasteiger partial charge in [0, 0.05) is 79.7 Å². The number of nitrogens with zero attached hydrogens (tertiary/aromatic N) is 5. The van der Waals surface area contributed by atoms with E-state index in [0.29, 0.717) is 58.7 Å². The fraction of sp³-hybridized carbons (Fsp3) is 0.227. The van der Waals surface area contributed by atoms with Gasteiger partial charge in [-0.3, -0.25) is 19.2 Å². The molecule has 0 fully saturated rings. The molecule has 0 aliphatic carbocycles. The van der Waals surface area contributed by atoms with Gasteiger partial charge in [-0.05, 0) is 63.1 Å². The monoisotopic (exact) mass is 994 g/mol. The summed E-state index contributed by atoms with van der Waals surface area (Å²) >= 11 is 24.3. The lowest BCUT2D eigenvalue weighted by Crippen LogP contribution is -2.42. The van der Waals surface area contributed by atoms with Crippen LogP contribution in [0.1, 0.15) is 78.0 Å². The average Bonchev–Trinajstić information content (AvgIpc) is 3.28. The van der Waals surface area contributed by atoms with Crippen molar-refractivity contribution in [3.8, 4) is 0 Å². The molecule has 0 saturated heterocycles. The maximum Gasteiger partial charge on any atom is 0.326 e. The number of benzene rings is 3. The van der Waals surface area contributed by atoms with Crippen LogP contribution in [0.25, 0.3) is 32.3 Å². The Morgan fingerprint density at radius 2 is 0.925 bits per heavy atom. The number of halogens is 4. The molecule has 19 nitrogen and oxygen atoms in total. The van der Waals surface area contributed by atoms with Crippen LogP contribution in [0, 0.1) is 0 Å². The Balaban J connectivity index is 0.000000222. The van der Waals surface area contributed by atoms with Crippen LogP contribution in [0.4, 0.5) is 11.6 Å². The number of carboxylic acid groups (broad SMARTS) is 2. The molecule has 0 aliphatic heterocycles. The Kier molecular flexibility index (Phi) is 18.8. The first-order valence-electron chi connectivity index (χ1n) is 20.1. The quantitative estimate of drug-likeness (QED) is 0.0325. The first-order chi connectivity index (χ1) is 31.6. The second kappa shape index (κ2) is 23.9. The summed E-state index contributed by atoms with van der Waals surface area (Å²) < 4.78 is 0. The Bertz CT molecular complexity index is 2910. The van der Waals surface area contributed by atoms with Crippen LogP contribution in [-0.2, 0) is 9.59 Å². The minimum atomic E-state index is -1.58. The molecule has 0 radical (unpaired) electrons. The zero-order valence-corrected chi connectivity index (χ0v) is 39.3. The molecule has 6 aromatic rings. The highest BCUT2D eigenvalue weighted by Gasteiger charge is 2.24. The Morgan fingerprint density at radius 1 is 0.567 bits per heavy atom. The molecule has 3 atom stereocenters. The molecule has 13 N–H and O–H groups in total. The molecule has 0 bridgehead atoms. The number of aliphatic carboxylic acids is 2. The van der Waals surface area contributed by atoms with Crippen molar-refractivity contribution in [3.63, 3.8) is 0 Å². The van der Waals surface area contributed by atoms with Gasteiger partial charge in [0.1, 0.15) is 11.2 Å². The molecule has 3 heterocycles. The fourth-order valence-corrected chi connectivity index (χ4v) is 6.69. The lowest BCUT2D eigenvalue weighted by atomic mass is 10.1. The van der Waals surface area contributed by atoms with Crippen LogP contribution in [0.5, 0.6) is 0 Å². The molecule has 3 aromatic carbocycles. The summed E-state index contributed by atoms with van der Waals surface area (Å²) in [6.45, 7) is 7.93. The molecule has 0 spiro atoms. The maximum absolute atomic E-state index is 12.3. The molecule has 67 heavy (non-hydrogen) atoms. The normalized spacial score (nSPS) is 11.9. The molecular weight excluding hydrogens is 950 g/mol. The molecule has 0 saturated carbocycles. The molecular formula is C44H46Cl4N12O7. The van der Waals surface area contributed by atoms with E-state index >= 15 is 0 Å². The number of amides is 3. The van der Waals surface area contributed by atoms with Crippen molar-refractivity contribution in [2.45, 2.75) is 65.1 Å². The number of nitrogens with two attached hydrogens (primary N) is 4. The highest BCUT2D eigenvalue weighted by atomic mass is 35.5. The summed E-state index contributed by atoms with van der Waals surface area (Å²) in [6.07, 6.45) is 5.30. The number of hydrogen-bond donors (Lipinski definition) is 9. The van der Waals surface area contributed by atoms with Crippen molar-refractivity contribution in [1.29, 1.82) is 0 Å². The number of fused-ring (bicyclic) bond motifs is 3. The standard InChI is InChI=1S/C15H14ClN5O5.C15H18ClN5O.C14H14Cl2N2O/c16-9-5-19-12(21-15(17)18)8-3-6(1-2-7(8)9)13(24)20-10(14(25)26)4-11(22)23;1-3-8(2)20-14(22)9-4-5-10-11(6-9)13(21-15(17)18)19-7-12(10)16;1-3-8(2)18-14(19)9-4-5-10-11(6-9)13(16)17-7-12(10)15/h1-3,5,10H,4H2,(H,20,24)(H,22,23)(H,25,26)(H4,17,18,19,21);4-8H,3H2,1-2H3,(H,20,22)(H4,17,18,19,21);4-8H,3H2,1-2H3,(H,18,19). The summed E-state index contributed by atoms with van der Waals surface area (Å²) in [5.41, 5.74) is 22.6. The predicted molar refractivity (Wildman–Crippen MR) is 262 cm³/mol. The maximum atomic E-state index is 12.3. The third-order valence-corrected chi connectivity index (χ3v) is 10.8. The van der Waals surface area contributed by atoms with Gasteiger partial charge in [0.05, 0.1) is 21.5 Å². The average molecular weight is 997 g/mol. The number of nitrogens with one attached hydrogen (secondary N) is 3. The minimum absolute atomic E-state index is 0.0604. The van der Waals surface area contributed by atoms with Gasteiger partial charge in [0.15, 0.2) is 23.6 Å². The van der Waals surface area contributed by atoms with Gasteiger partial charge in [-0.1, -0.05) is 78.5 Å². The van der Waals surface area contributed by atoms with E-state index in [-0.39, 0.29) is 47.2 Å². The van der Waals surface area contributed by atoms with Crippen molar-refractivity contribution in [2.75, 3.05) is 0 Å². The smallest absolute Gasteiger partial charge is 0.326 e. The van der Waals surface area contributed by atoms with Crippen LogP contribution >= 0.6 is 46.4 Å². The van der Waals surface area contributed by atoms with Gasteiger partial charge in [0.25, 0.3) is 17.7 Å². The van der Waals surface area contributed by atoms with Crippen LogP contribution in [-0.4, -0.2) is 84.9 Å². The first kappa shape index (κ1) is 52.6. The van der Waals surface area contributed by atoms with Crippen LogP contribution in [0.3, 0.4) is 0 Å². The summed E-state index contributed by atoms with van der Waals surface area (Å²) in [6, 6.07) is 13.4. The number of carbonyl (C=O) groups is 5. The summed E-state index contributed by atoms with van der Waals surface area (Å²) in [7, 11) is 0. The van der Waals surface area contributed by atoms with Gasteiger partial charge in [0.2, 0.25) is 0 Å². The van der Waals surface area contributed by atoms with E-state index in [1.165, 1.54) is 36.8 Å². The molecule has 23 heteroatoms. The predicted octanol–water partition coefficient (Wildman–Crippen LogP) is 6.84. The third kappa shape index (κ3) is 14.5. The van der Waals surface area contributed by atoms with Crippen molar-refractivity contribution in [3.05, 3.63) is 110 Å². The number of carboxylic acids is 2. The lowest BCUT2D eigenvalue weighted by molar-refractivity contribution is -0.145. The Hall–Kier alpha value is -7.06. The number of rotatable bonds is 13. The lowest BCUT2D eigenvalue weighted by Gasteiger charge is -2.13. The van der Waals surface area contributed by atoms with Crippen molar-refractivity contribution < 1.29 is 34.2 Å². The third-order valence-electron chi connectivity index (χ3n) is 9.64. The van der Waals surface area contributed by atoms with Crippen molar-refractivity contribution in [1.82, 2.24) is 30.9 Å². The highest BCUT2D eigenvalue weighted by molar-refractivity contribution is 6.39. The van der Waals surface area contributed by atoms with E-state index in [2.05, 4.69) is 40.9 Å². The summed E-state index contributed by atoms with van der Waals surface area (Å²) in [4.78, 5) is 78.3. The topological polar surface area (TPSA) is 329 Å². The minimum Gasteiger partial charge on any atom is -0.481 e. The zero-order valence-electron chi connectivity index (χ0n) is 36.3. The molecule has 352 valence electrons. The molecule has 3 aromatic heterocycles. The van der Waals surface area contributed by atoms with Gasteiger partial charge < -0.3 is 49.1 Å². The summed E-state index contributed by atoms with van der Waals surface area (Å²) in [5, 5.41) is 31.1. The van der Waals surface area contributed by atoms with E-state index in [0.717, 1.165) is 23.6 Å². The largest absolute Gasteiger partial charge is 0.481 e. The summed E-state index contributed by atoms with van der Waals surface area (Å²) in [5.74, 6) is -3.78. The molecule has 3 amide bonds. The second-order valence-electron chi connectivity index (χ2n) is 14.6. The van der Waals surface area contributed by atoms with E-state index in [9.17, 15) is 24.0 Å².